The monoisotopic (exact) mass is 211 g/mol. The summed E-state index contributed by atoms with van der Waals surface area (Å²) >= 11 is 5.70. The average Bonchev–Trinajstić information content (AvgIpc) is 2.77. The molecule has 14 heavy (non-hydrogen) atoms. The highest BCUT2D eigenvalue weighted by atomic mass is 35.5. The minimum Gasteiger partial charge on any atom is -0.337 e. The maximum absolute atomic E-state index is 5.70. The normalized spacial score (nSPS) is 10.7. The van der Waals surface area contributed by atoms with Gasteiger partial charge in [-0.25, -0.2) is 4.98 Å². The molecule has 0 amide bonds. The summed E-state index contributed by atoms with van der Waals surface area (Å²) in [7, 11) is 1.95. The third-order valence-corrected chi connectivity index (χ3v) is 2.29. The number of alkyl halides is 1. The Hall–Kier alpha value is -1.36. The van der Waals surface area contributed by atoms with Crippen molar-refractivity contribution in [2.45, 2.75) is 12.4 Å². The predicted molar refractivity (Wildman–Crippen MR) is 51.9 cm³/mol. The molecule has 0 saturated carbocycles. The standard InChI is InChI=1S/C8H10ClN5/c1-13-3-2-10-8(13)5-14-6-11-12-7(14)4-9/h2-3,6H,4-5H2,1H3. The van der Waals surface area contributed by atoms with Gasteiger partial charge < -0.3 is 9.13 Å². The Morgan fingerprint density at radius 1 is 1.43 bits per heavy atom. The zero-order valence-electron chi connectivity index (χ0n) is 7.76. The molecular formula is C8H10ClN5. The van der Waals surface area contributed by atoms with Crippen LogP contribution < -0.4 is 0 Å². The van der Waals surface area contributed by atoms with Crippen molar-refractivity contribution in [1.82, 2.24) is 24.3 Å². The number of hydrogen-bond acceptors (Lipinski definition) is 3. The van der Waals surface area contributed by atoms with Gasteiger partial charge in [0.05, 0.1) is 12.4 Å². The SMILES string of the molecule is Cn1ccnc1Cn1cnnc1CCl. The van der Waals surface area contributed by atoms with Crippen LogP contribution in [0, 0.1) is 0 Å². The molecule has 6 heteroatoms. The van der Waals surface area contributed by atoms with E-state index in [1.807, 2.05) is 22.4 Å². The minimum absolute atomic E-state index is 0.365. The fraction of sp³-hybridized carbons (Fsp3) is 0.375. The molecule has 0 aliphatic heterocycles. The largest absolute Gasteiger partial charge is 0.337 e. The molecule has 2 heterocycles. The molecule has 0 radical (unpaired) electrons. The lowest BCUT2D eigenvalue weighted by Gasteiger charge is -2.04. The van der Waals surface area contributed by atoms with Gasteiger partial charge in [0, 0.05) is 19.4 Å². The Labute approximate surface area is 86.4 Å². The summed E-state index contributed by atoms with van der Waals surface area (Å²) in [5.41, 5.74) is 0. The first-order valence-corrected chi connectivity index (χ1v) is 4.73. The van der Waals surface area contributed by atoms with Crippen LogP contribution in [0.15, 0.2) is 18.7 Å². The van der Waals surface area contributed by atoms with Crippen LogP contribution in [-0.4, -0.2) is 24.3 Å². The minimum atomic E-state index is 0.365. The number of halogens is 1. The van der Waals surface area contributed by atoms with Crippen LogP contribution in [0.2, 0.25) is 0 Å². The summed E-state index contributed by atoms with van der Waals surface area (Å²) in [6.07, 6.45) is 5.33. The van der Waals surface area contributed by atoms with Crippen molar-refractivity contribution in [2.75, 3.05) is 0 Å². The van der Waals surface area contributed by atoms with E-state index in [4.69, 9.17) is 11.6 Å². The quantitative estimate of drug-likeness (QED) is 0.706. The van der Waals surface area contributed by atoms with Gasteiger partial charge in [0.1, 0.15) is 18.0 Å². The average molecular weight is 212 g/mol. The third kappa shape index (κ3) is 1.63. The van der Waals surface area contributed by atoms with E-state index in [9.17, 15) is 0 Å². The molecule has 0 N–H and O–H groups in total. The molecule has 5 nitrogen and oxygen atoms in total. The highest BCUT2D eigenvalue weighted by Crippen LogP contribution is 2.03. The summed E-state index contributed by atoms with van der Waals surface area (Å²) < 4.78 is 3.84. The lowest BCUT2D eigenvalue weighted by Crippen LogP contribution is -2.07. The first-order chi connectivity index (χ1) is 6.81. The number of imidazole rings is 1. The summed E-state index contributed by atoms with van der Waals surface area (Å²) in [5, 5.41) is 7.68. The van der Waals surface area contributed by atoms with E-state index >= 15 is 0 Å². The number of rotatable bonds is 3. The van der Waals surface area contributed by atoms with Gasteiger partial charge >= 0.3 is 0 Å². The Bertz CT molecular complexity index is 419. The van der Waals surface area contributed by atoms with Crippen molar-refractivity contribution in [3.63, 3.8) is 0 Å². The van der Waals surface area contributed by atoms with Gasteiger partial charge in [-0.2, -0.15) is 0 Å². The molecule has 2 aromatic rings. The van der Waals surface area contributed by atoms with E-state index in [0.29, 0.717) is 12.4 Å². The van der Waals surface area contributed by atoms with E-state index in [1.54, 1.807) is 12.5 Å². The van der Waals surface area contributed by atoms with Crippen LogP contribution in [-0.2, 0) is 19.5 Å². The van der Waals surface area contributed by atoms with Gasteiger partial charge in [-0.15, -0.1) is 21.8 Å². The highest BCUT2D eigenvalue weighted by Gasteiger charge is 2.05. The van der Waals surface area contributed by atoms with Gasteiger partial charge in [0.15, 0.2) is 0 Å². The first-order valence-electron chi connectivity index (χ1n) is 4.20. The molecular weight excluding hydrogens is 202 g/mol. The third-order valence-electron chi connectivity index (χ3n) is 2.05. The maximum atomic E-state index is 5.70. The Morgan fingerprint density at radius 3 is 2.93 bits per heavy atom. The molecule has 0 aliphatic carbocycles. The number of aryl methyl sites for hydroxylation is 1. The molecule has 0 atom stereocenters. The molecule has 0 aromatic carbocycles. The summed E-state index contributed by atoms with van der Waals surface area (Å²) in [6, 6.07) is 0. The van der Waals surface area contributed by atoms with E-state index in [2.05, 4.69) is 15.2 Å². The van der Waals surface area contributed by atoms with Crippen molar-refractivity contribution in [3.05, 3.63) is 30.4 Å². The van der Waals surface area contributed by atoms with E-state index in [1.165, 1.54) is 0 Å². The Balaban J connectivity index is 2.22. The second-order valence-corrected chi connectivity index (χ2v) is 3.23. The molecule has 0 saturated heterocycles. The second kappa shape index (κ2) is 3.79. The highest BCUT2D eigenvalue weighted by molar-refractivity contribution is 6.16. The number of hydrogen-bond donors (Lipinski definition) is 0. The summed E-state index contributed by atoms with van der Waals surface area (Å²) in [6.45, 7) is 0.651. The van der Waals surface area contributed by atoms with Gasteiger partial charge in [0.25, 0.3) is 0 Å². The van der Waals surface area contributed by atoms with Gasteiger partial charge in [-0.3, -0.25) is 0 Å². The van der Waals surface area contributed by atoms with Crippen LogP contribution in [0.1, 0.15) is 11.6 Å². The van der Waals surface area contributed by atoms with Crippen molar-refractivity contribution in [2.24, 2.45) is 7.05 Å². The molecule has 0 fully saturated rings. The maximum Gasteiger partial charge on any atom is 0.148 e. The van der Waals surface area contributed by atoms with Crippen LogP contribution in [0.5, 0.6) is 0 Å². The zero-order chi connectivity index (χ0) is 9.97. The van der Waals surface area contributed by atoms with Gasteiger partial charge in [-0.05, 0) is 0 Å². The summed E-state index contributed by atoms with van der Waals surface area (Å²) in [5.74, 6) is 2.08. The fourth-order valence-corrected chi connectivity index (χ4v) is 1.42. The van der Waals surface area contributed by atoms with Crippen LogP contribution in [0.25, 0.3) is 0 Å². The van der Waals surface area contributed by atoms with Crippen molar-refractivity contribution in [1.29, 1.82) is 0 Å². The smallest absolute Gasteiger partial charge is 0.148 e. The van der Waals surface area contributed by atoms with E-state index < -0.39 is 0 Å². The predicted octanol–water partition coefficient (Wildman–Crippen LogP) is 0.799. The van der Waals surface area contributed by atoms with Crippen molar-refractivity contribution >= 4 is 11.6 Å². The summed E-state index contributed by atoms with van der Waals surface area (Å²) in [4.78, 5) is 4.21. The van der Waals surface area contributed by atoms with E-state index in [0.717, 1.165) is 11.6 Å². The topological polar surface area (TPSA) is 48.5 Å². The van der Waals surface area contributed by atoms with Crippen molar-refractivity contribution in [3.8, 4) is 0 Å². The van der Waals surface area contributed by atoms with E-state index in [-0.39, 0.29) is 0 Å². The van der Waals surface area contributed by atoms with Gasteiger partial charge in [-0.1, -0.05) is 0 Å². The molecule has 74 valence electrons. The number of aromatic nitrogens is 5. The van der Waals surface area contributed by atoms with Crippen LogP contribution >= 0.6 is 11.6 Å². The fourth-order valence-electron chi connectivity index (χ4n) is 1.22. The molecule has 2 rings (SSSR count). The zero-order valence-corrected chi connectivity index (χ0v) is 8.52. The van der Waals surface area contributed by atoms with Gasteiger partial charge in [0.2, 0.25) is 0 Å². The molecule has 0 spiro atoms. The lowest BCUT2D eigenvalue weighted by atomic mass is 10.5. The molecule has 2 aromatic heterocycles. The van der Waals surface area contributed by atoms with Crippen LogP contribution in [0.3, 0.4) is 0 Å². The molecule has 0 aliphatic rings. The molecule has 0 unspecified atom stereocenters. The first kappa shape index (κ1) is 9.21. The molecule has 0 bridgehead atoms. The van der Waals surface area contributed by atoms with Crippen molar-refractivity contribution < 1.29 is 0 Å². The number of nitrogens with zero attached hydrogens (tertiary/aromatic N) is 5. The van der Waals surface area contributed by atoms with Crippen LogP contribution in [0.4, 0.5) is 0 Å². The lowest BCUT2D eigenvalue weighted by molar-refractivity contribution is 0.677. The Morgan fingerprint density at radius 2 is 2.29 bits per heavy atom. The second-order valence-electron chi connectivity index (χ2n) is 2.96. The Kier molecular flexibility index (Phi) is 2.49.